The number of ether oxygens (including phenoxy) is 3. The first-order valence-electron chi connectivity index (χ1n) is 12.6. The van der Waals surface area contributed by atoms with E-state index in [0.29, 0.717) is 32.3 Å². The van der Waals surface area contributed by atoms with Crippen LogP contribution >= 0.6 is 0 Å². The highest BCUT2D eigenvalue weighted by Gasteiger charge is 2.16. The van der Waals surface area contributed by atoms with Crippen LogP contribution in [-0.4, -0.2) is 66.2 Å². The van der Waals surface area contributed by atoms with Crippen LogP contribution in [-0.2, 0) is 29.2 Å². The molecule has 3 heterocycles. The standard InChI is InChI=1S/C28H33N5O4/c1-34-27-8-3-6-24(18-27)20-32(19-23-5-2-7-26(17-23)33-10-4-9-29-33)28-30-25(22-37-28)21-36-16-13-31-11-14-35-15-12-31/h2-10,17-18,22H,11-16,19-21H2,1H3. The molecule has 0 spiro atoms. The maximum atomic E-state index is 5.94. The normalized spacial score (nSPS) is 14.1. The molecule has 1 aliphatic heterocycles. The second kappa shape index (κ2) is 12.5. The van der Waals surface area contributed by atoms with Gasteiger partial charge in [-0.1, -0.05) is 24.3 Å². The Morgan fingerprint density at radius 2 is 1.81 bits per heavy atom. The third-order valence-electron chi connectivity index (χ3n) is 6.28. The minimum atomic E-state index is 0.412. The van der Waals surface area contributed by atoms with Crippen molar-refractivity contribution in [1.82, 2.24) is 19.7 Å². The molecular formula is C28H33N5O4. The molecule has 0 aliphatic carbocycles. The van der Waals surface area contributed by atoms with Crippen LogP contribution in [0.25, 0.3) is 5.69 Å². The van der Waals surface area contributed by atoms with Gasteiger partial charge in [0.1, 0.15) is 17.7 Å². The summed E-state index contributed by atoms with van der Waals surface area (Å²) in [6.07, 6.45) is 5.40. The maximum Gasteiger partial charge on any atom is 0.298 e. The third kappa shape index (κ3) is 6.97. The van der Waals surface area contributed by atoms with Crippen molar-refractivity contribution in [3.63, 3.8) is 0 Å². The average molecular weight is 504 g/mol. The highest BCUT2D eigenvalue weighted by molar-refractivity contribution is 5.39. The zero-order chi connectivity index (χ0) is 25.3. The first-order valence-corrected chi connectivity index (χ1v) is 12.6. The van der Waals surface area contributed by atoms with Gasteiger partial charge in [0.25, 0.3) is 6.01 Å². The number of rotatable bonds is 12. The molecule has 1 saturated heterocycles. The minimum Gasteiger partial charge on any atom is -0.497 e. The third-order valence-corrected chi connectivity index (χ3v) is 6.28. The quantitative estimate of drug-likeness (QED) is 0.269. The molecule has 5 rings (SSSR count). The van der Waals surface area contributed by atoms with Crippen molar-refractivity contribution in [3.8, 4) is 11.4 Å². The Labute approximate surface area is 217 Å². The number of aromatic nitrogens is 3. The molecule has 1 aliphatic rings. The lowest BCUT2D eigenvalue weighted by molar-refractivity contribution is 0.0177. The van der Waals surface area contributed by atoms with Crippen molar-refractivity contribution in [2.24, 2.45) is 0 Å². The van der Waals surface area contributed by atoms with Crippen LogP contribution in [0.4, 0.5) is 6.01 Å². The molecule has 0 radical (unpaired) electrons. The van der Waals surface area contributed by atoms with Crippen molar-refractivity contribution in [2.45, 2.75) is 19.7 Å². The Kier molecular flexibility index (Phi) is 8.47. The van der Waals surface area contributed by atoms with Crippen molar-refractivity contribution in [2.75, 3.05) is 51.5 Å². The van der Waals surface area contributed by atoms with Gasteiger partial charge in [0, 0.05) is 45.1 Å². The monoisotopic (exact) mass is 503 g/mol. The van der Waals surface area contributed by atoms with Gasteiger partial charge in [0.15, 0.2) is 0 Å². The average Bonchev–Trinajstić information content (AvgIpc) is 3.65. The molecule has 0 atom stereocenters. The SMILES string of the molecule is COc1cccc(CN(Cc2cccc(-n3cccn3)c2)c2nc(COCCN3CCOCC3)co2)c1. The number of benzene rings is 2. The molecule has 0 N–H and O–H groups in total. The van der Waals surface area contributed by atoms with E-state index in [0.717, 1.165) is 61.1 Å². The van der Waals surface area contributed by atoms with E-state index >= 15 is 0 Å². The van der Waals surface area contributed by atoms with E-state index in [1.807, 2.05) is 47.3 Å². The van der Waals surface area contributed by atoms with Crippen molar-refractivity contribution >= 4 is 6.01 Å². The summed E-state index contributed by atoms with van der Waals surface area (Å²) >= 11 is 0. The van der Waals surface area contributed by atoms with Gasteiger partial charge in [-0.25, -0.2) is 4.68 Å². The summed E-state index contributed by atoms with van der Waals surface area (Å²) in [4.78, 5) is 9.23. The molecule has 9 nitrogen and oxygen atoms in total. The predicted molar refractivity (Wildman–Crippen MR) is 140 cm³/mol. The zero-order valence-corrected chi connectivity index (χ0v) is 21.2. The largest absolute Gasteiger partial charge is 0.497 e. The van der Waals surface area contributed by atoms with Crippen LogP contribution in [0.5, 0.6) is 5.75 Å². The maximum absolute atomic E-state index is 5.94. The van der Waals surface area contributed by atoms with Crippen LogP contribution in [0.3, 0.4) is 0 Å². The van der Waals surface area contributed by atoms with E-state index in [-0.39, 0.29) is 0 Å². The molecule has 37 heavy (non-hydrogen) atoms. The molecule has 9 heteroatoms. The van der Waals surface area contributed by atoms with Crippen LogP contribution in [0.15, 0.2) is 77.7 Å². The number of oxazole rings is 1. The number of anilines is 1. The van der Waals surface area contributed by atoms with Crippen LogP contribution in [0.1, 0.15) is 16.8 Å². The van der Waals surface area contributed by atoms with Crippen molar-refractivity contribution in [1.29, 1.82) is 0 Å². The van der Waals surface area contributed by atoms with Gasteiger partial charge < -0.3 is 23.5 Å². The molecular weight excluding hydrogens is 470 g/mol. The van der Waals surface area contributed by atoms with Gasteiger partial charge in [0.2, 0.25) is 0 Å². The summed E-state index contributed by atoms with van der Waals surface area (Å²) in [5.74, 6) is 0.819. The molecule has 0 bridgehead atoms. The van der Waals surface area contributed by atoms with Crippen molar-refractivity contribution in [3.05, 3.63) is 90.1 Å². The van der Waals surface area contributed by atoms with Gasteiger partial charge in [-0.05, 0) is 41.5 Å². The van der Waals surface area contributed by atoms with Gasteiger partial charge >= 0.3 is 0 Å². The summed E-state index contributed by atoms with van der Waals surface area (Å²) in [7, 11) is 1.68. The topological polar surface area (TPSA) is 78.0 Å². The number of hydrogen-bond acceptors (Lipinski definition) is 8. The number of methoxy groups -OCH3 is 1. The fraction of sp³-hybridized carbons (Fsp3) is 0.357. The molecule has 0 unspecified atom stereocenters. The molecule has 2 aromatic heterocycles. The Morgan fingerprint density at radius 3 is 2.59 bits per heavy atom. The molecule has 4 aromatic rings. The van der Waals surface area contributed by atoms with E-state index < -0.39 is 0 Å². The summed E-state index contributed by atoms with van der Waals surface area (Å²) in [5, 5.41) is 4.36. The summed E-state index contributed by atoms with van der Waals surface area (Å²) in [5.41, 5.74) is 4.00. The van der Waals surface area contributed by atoms with Gasteiger partial charge in [-0.15, -0.1) is 0 Å². The molecule has 2 aromatic carbocycles. The molecule has 0 amide bonds. The second-order valence-electron chi connectivity index (χ2n) is 8.96. The van der Waals surface area contributed by atoms with E-state index in [4.69, 9.17) is 23.6 Å². The van der Waals surface area contributed by atoms with Gasteiger partial charge in [-0.2, -0.15) is 10.1 Å². The van der Waals surface area contributed by atoms with Crippen LogP contribution < -0.4 is 9.64 Å². The first kappa shape index (κ1) is 25.0. The van der Waals surface area contributed by atoms with Crippen LogP contribution in [0.2, 0.25) is 0 Å². The summed E-state index contributed by atoms with van der Waals surface area (Å²) in [6.45, 7) is 6.68. The highest BCUT2D eigenvalue weighted by Crippen LogP contribution is 2.23. The summed E-state index contributed by atoms with van der Waals surface area (Å²) < 4.78 is 24.5. The Bertz CT molecular complexity index is 1240. The highest BCUT2D eigenvalue weighted by atomic mass is 16.5. The molecule has 194 valence electrons. The fourth-order valence-electron chi connectivity index (χ4n) is 4.32. The first-order chi connectivity index (χ1) is 18.3. The lowest BCUT2D eigenvalue weighted by Gasteiger charge is -2.26. The lowest BCUT2D eigenvalue weighted by atomic mass is 10.1. The van der Waals surface area contributed by atoms with Gasteiger partial charge in [0.05, 0.1) is 39.2 Å². The lowest BCUT2D eigenvalue weighted by Crippen LogP contribution is -2.38. The minimum absolute atomic E-state index is 0.412. The fourth-order valence-corrected chi connectivity index (χ4v) is 4.32. The number of nitrogens with zero attached hydrogens (tertiary/aromatic N) is 5. The number of hydrogen-bond donors (Lipinski definition) is 0. The Morgan fingerprint density at radius 1 is 1.00 bits per heavy atom. The van der Waals surface area contributed by atoms with E-state index in [1.54, 1.807) is 19.6 Å². The van der Waals surface area contributed by atoms with E-state index in [1.165, 1.54) is 0 Å². The predicted octanol–water partition coefficient (Wildman–Crippen LogP) is 3.92. The van der Waals surface area contributed by atoms with Gasteiger partial charge in [-0.3, -0.25) is 4.90 Å². The summed E-state index contributed by atoms with van der Waals surface area (Å²) in [6, 6.07) is 18.8. The Hall–Kier alpha value is -3.66. The smallest absolute Gasteiger partial charge is 0.298 e. The number of morpholine rings is 1. The molecule has 1 fully saturated rings. The zero-order valence-electron chi connectivity index (χ0n) is 21.2. The second-order valence-corrected chi connectivity index (χ2v) is 8.96. The van der Waals surface area contributed by atoms with Crippen LogP contribution in [0, 0.1) is 0 Å². The molecule has 0 saturated carbocycles. The Balaban J connectivity index is 1.28. The van der Waals surface area contributed by atoms with E-state index in [9.17, 15) is 0 Å². The van der Waals surface area contributed by atoms with E-state index in [2.05, 4.69) is 33.1 Å². The van der Waals surface area contributed by atoms with Crippen molar-refractivity contribution < 1.29 is 18.6 Å².